The van der Waals surface area contributed by atoms with Gasteiger partial charge in [-0.15, -0.1) is 0 Å². The maximum atomic E-state index is 11.9. The molecular formula is C12H25N3O. The van der Waals surface area contributed by atoms with Crippen LogP contribution in [0, 0.1) is 0 Å². The molecule has 1 rings (SSSR count). The van der Waals surface area contributed by atoms with Crippen LogP contribution in [-0.4, -0.2) is 61.5 Å². The monoisotopic (exact) mass is 227 g/mol. The third-order valence-corrected chi connectivity index (χ3v) is 3.49. The summed E-state index contributed by atoms with van der Waals surface area (Å²) in [6.45, 7) is 8.01. The van der Waals surface area contributed by atoms with E-state index >= 15 is 0 Å². The Morgan fingerprint density at radius 3 is 2.62 bits per heavy atom. The predicted molar refractivity (Wildman–Crippen MR) is 66.4 cm³/mol. The quantitative estimate of drug-likeness (QED) is 0.712. The number of rotatable bonds is 4. The SMILES string of the molecule is CNCCCC(=O)N1CCN(C)C(C)(C)C1. The Kier molecular flexibility index (Phi) is 4.74. The van der Waals surface area contributed by atoms with Crippen LogP contribution in [0.25, 0.3) is 0 Å². The molecule has 1 aliphatic rings. The lowest BCUT2D eigenvalue weighted by Crippen LogP contribution is -2.58. The second kappa shape index (κ2) is 5.64. The fraction of sp³-hybridized carbons (Fsp3) is 0.917. The molecule has 0 radical (unpaired) electrons. The molecule has 0 bridgehead atoms. The van der Waals surface area contributed by atoms with E-state index in [2.05, 4.69) is 31.1 Å². The summed E-state index contributed by atoms with van der Waals surface area (Å²) >= 11 is 0. The number of nitrogens with zero attached hydrogens (tertiary/aromatic N) is 2. The minimum Gasteiger partial charge on any atom is -0.340 e. The lowest BCUT2D eigenvalue weighted by atomic mass is 9.99. The number of carbonyl (C=O) groups excluding carboxylic acids is 1. The van der Waals surface area contributed by atoms with Crippen LogP contribution in [0.4, 0.5) is 0 Å². The lowest BCUT2D eigenvalue weighted by Gasteiger charge is -2.45. The van der Waals surface area contributed by atoms with Crippen molar-refractivity contribution in [2.24, 2.45) is 0 Å². The molecular weight excluding hydrogens is 202 g/mol. The third-order valence-electron chi connectivity index (χ3n) is 3.49. The van der Waals surface area contributed by atoms with Gasteiger partial charge in [-0.25, -0.2) is 0 Å². The highest BCUT2D eigenvalue weighted by molar-refractivity contribution is 5.76. The molecule has 1 N–H and O–H groups in total. The maximum absolute atomic E-state index is 11.9. The molecule has 1 aliphatic heterocycles. The second-order valence-corrected chi connectivity index (χ2v) is 5.26. The van der Waals surface area contributed by atoms with Gasteiger partial charge in [0.15, 0.2) is 0 Å². The van der Waals surface area contributed by atoms with E-state index in [0.717, 1.165) is 32.6 Å². The number of piperazine rings is 1. The largest absolute Gasteiger partial charge is 0.340 e. The molecule has 4 heteroatoms. The Labute approximate surface area is 99.0 Å². The van der Waals surface area contributed by atoms with Crippen LogP contribution in [0.2, 0.25) is 0 Å². The zero-order chi connectivity index (χ0) is 12.2. The molecule has 0 aromatic carbocycles. The summed E-state index contributed by atoms with van der Waals surface area (Å²) in [5.74, 6) is 0.302. The first-order valence-corrected chi connectivity index (χ1v) is 6.11. The summed E-state index contributed by atoms with van der Waals surface area (Å²) in [7, 11) is 4.05. The number of hydrogen-bond acceptors (Lipinski definition) is 3. The standard InChI is InChI=1S/C12H25N3O/c1-12(2)10-15(9-8-14(12)4)11(16)6-5-7-13-3/h13H,5-10H2,1-4H3. The van der Waals surface area contributed by atoms with Gasteiger partial charge in [-0.2, -0.15) is 0 Å². The van der Waals surface area contributed by atoms with Crippen LogP contribution in [0.3, 0.4) is 0 Å². The fourth-order valence-electron chi connectivity index (χ4n) is 2.03. The van der Waals surface area contributed by atoms with Crippen molar-refractivity contribution in [1.29, 1.82) is 0 Å². The number of carbonyl (C=O) groups is 1. The van der Waals surface area contributed by atoms with Crippen LogP contribution in [0.1, 0.15) is 26.7 Å². The zero-order valence-corrected chi connectivity index (χ0v) is 11.0. The van der Waals surface area contributed by atoms with Gasteiger partial charge in [0.05, 0.1) is 0 Å². The Balaban J connectivity index is 2.40. The van der Waals surface area contributed by atoms with E-state index in [0.29, 0.717) is 12.3 Å². The summed E-state index contributed by atoms with van der Waals surface area (Å²) in [6.07, 6.45) is 1.60. The van der Waals surface area contributed by atoms with E-state index in [1.54, 1.807) is 0 Å². The van der Waals surface area contributed by atoms with Gasteiger partial charge >= 0.3 is 0 Å². The Morgan fingerprint density at radius 2 is 2.06 bits per heavy atom. The molecule has 1 saturated heterocycles. The van der Waals surface area contributed by atoms with Crippen molar-refractivity contribution >= 4 is 5.91 Å². The van der Waals surface area contributed by atoms with Gasteiger partial charge in [-0.3, -0.25) is 9.69 Å². The van der Waals surface area contributed by atoms with Crippen LogP contribution >= 0.6 is 0 Å². The van der Waals surface area contributed by atoms with Gasteiger partial charge in [0.25, 0.3) is 0 Å². The number of hydrogen-bond donors (Lipinski definition) is 1. The van der Waals surface area contributed by atoms with Crippen LogP contribution < -0.4 is 5.32 Å². The van der Waals surface area contributed by atoms with Crippen molar-refractivity contribution in [2.45, 2.75) is 32.2 Å². The second-order valence-electron chi connectivity index (χ2n) is 5.26. The van der Waals surface area contributed by atoms with Gasteiger partial charge in [0.2, 0.25) is 5.91 Å². The topological polar surface area (TPSA) is 35.6 Å². The van der Waals surface area contributed by atoms with E-state index in [9.17, 15) is 4.79 Å². The van der Waals surface area contributed by atoms with Gasteiger partial charge in [0, 0.05) is 31.6 Å². The van der Waals surface area contributed by atoms with E-state index in [1.807, 2.05) is 11.9 Å². The average Bonchev–Trinajstić information content (AvgIpc) is 2.22. The molecule has 0 aliphatic carbocycles. The molecule has 1 amide bonds. The summed E-state index contributed by atoms with van der Waals surface area (Å²) < 4.78 is 0. The molecule has 0 aromatic rings. The summed E-state index contributed by atoms with van der Waals surface area (Å²) in [5, 5.41) is 3.07. The van der Waals surface area contributed by atoms with Gasteiger partial charge in [-0.05, 0) is 40.9 Å². The Hall–Kier alpha value is -0.610. The Bertz CT molecular complexity index is 240. The smallest absolute Gasteiger partial charge is 0.222 e. The van der Waals surface area contributed by atoms with Gasteiger partial charge < -0.3 is 10.2 Å². The van der Waals surface area contributed by atoms with E-state index in [-0.39, 0.29) is 5.54 Å². The molecule has 4 nitrogen and oxygen atoms in total. The van der Waals surface area contributed by atoms with E-state index in [4.69, 9.17) is 0 Å². The van der Waals surface area contributed by atoms with Crippen molar-refractivity contribution in [2.75, 3.05) is 40.3 Å². The lowest BCUT2D eigenvalue weighted by molar-refractivity contribution is -0.135. The van der Waals surface area contributed by atoms with Crippen molar-refractivity contribution in [3.05, 3.63) is 0 Å². The molecule has 16 heavy (non-hydrogen) atoms. The molecule has 0 saturated carbocycles. The molecule has 0 spiro atoms. The van der Waals surface area contributed by atoms with Gasteiger partial charge in [0.1, 0.15) is 0 Å². The minimum absolute atomic E-state index is 0.108. The molecule has 1 heterocycles. The molecule has 1 fully saturated rings. The minimum atomic E-state index is 0.108. The first kappa shape index (κ1) is 13.5. The zero-order valence-electron chi connectivity index (χ0n) is 11.0. The van der Waals surface area contributed by atoms with Crippen LogP contribution in [0.5, 0.6) is 0 Å². The first-order chi connectivity index (χ1) is 7.47. The third kappa shape index (κ3) is 3.46. The van der Waals surface area contributed by atoms with Crippen molar-refractivity contribution < 1.29 is 4.79 Å². The van der Waals surface area contributed by atoms with Crippen molar-refractivity contribution in [3.63, 3.8) is 0 Å². The number of amides is 1. The van der Waals surface area contributed by atoms with Crippen LogP contribution in [-0.2, 0) is 4.79 Å². The van der Waals surface area contributed by atoms with Crippen molar-refractivity contribution in [3.8, 4) is 0 Å². The predicted octanol–water partition coefficient (Wildman–Crippen LogP) is 0.539. The molecule has 0 atom stereocenters. The Morgan fingerprint density at radius 1 is 1.38 bits per heavy atom. The number of nitrogens with one attached hydrogen (secondary N) is 1. The van der Waals surface area contributed by atoms with Crippen molar-refractivity contribution in [1.82, 2.24) is 15.1 Å². The highest BCUT2D eigenvalue weighted by atomic mass is 16.2. The highest BCUT2D eigenvalue weighted by Crippen LogP contribution is 2.19. The normalized spacial score (nSPS) is 21.1. The van der Waals surface area contributed by atoms with Crippen LogP contribution in [0.15, 0.2) is 0 Å². The first-order valence-electron chi connectivity index (χ1n) is 6.11. The average molecular weight is 227 g/mol. The fourth-order valence-corrected chi connectivity index (χ4v) is 2.03. The summed E-state index contributed by atoms with van der Waals surface area (Å²) in [5.41, 5.74) is 0.108. The van der Waals surface area contributed by atoms with E-state index in [1.165, 1.54) is 0 Å². The molecule has 0 aromatic heterocycles. The number of likely N-dealkylation sites (N-methyl/N-ethyl adjacent to an activating group) is 1. The molecule has 0 unspecified atom stereocenters. The van der Waals surface area contributed by atoms with Gasteiger partial charge in [-0.1, -0.05) is 0 Å². The maximum Gasteiger partial charge on any atom is 0.222 e. The summed E-state index contributed by atoms with van der Waals surface area (Å²) in [6, 6.07) is 0. The summed E-state index contributed by atoms with van der Waals surface area (Å²) in [4.78, 5) is 16.3. The highest BCUT2D eigenvalue weighted by Gasteiger charge is 2.32. The van der Waals surface area contributed by atoms with E-state index < -0.39 is 0 Å². The molecule has 94 valence electrons.